The van der Waals surface area contributed by atoms with E-state index in [1.807, 2.05) is 13.0 Å². The van der Waals surface area contributed by atoms with E-state index in [1.165, 1.54) is 11.8 Å². The van der Waals surface area contributed by atoms with Crippen LogP contribution in [0.25, 0.3) is 0 Å². The molecule has 1 amide bonds. The van der Waals surface area contributed by atoms with Gasteiger partial charge in [0.2, 0.25) is 5.91 Å². The fourth-order valence-electron chi connectivity index (χ4n) is 1.79. The molecular formula is C11H18N2O2S. The van der Waals surface area contributed by atoms with E-state index < -0.39 is 5.60 Å². The molecular weight excluding hydrogens is 224 g/mol. The van der Waals surface area contributed by atoms with Gasteiger partial charge in [0.15, 0.2) is 0 Å². The average Bonchev–Trinajstić information content (AvgIpc) is 2.39. The first kappa shape index (κ1) is 13.3. The summed E-state index contributed by atoms with van der Waals surface area (Å²) in [6.45, 7) is 3.17. The van der Waals surface area contributed by atoms with Gasteiger partial charge in [0.25, 0.3) is 0 Å². The van der Waals surface area contributed by atoms with Gasteiger partial charge in [0.1, 0.15) is 0 Å². The Balaban J connectivity index is 2.37. The largest absolute Gasteiger partial charge is 0.390 e. The van der Waals surface area contributed by atoms with E-state index >= 15 is 0 Å². The smallest absolute Gasteiger partial charge is 0.232 e. The summed E-state index contributed by atoms with van der Waals surface area (Å²) < 4.78 is 0. The van der Waals surface area contributed by atoms with Crippen molar-refractivity contribution in [1.29, 1.82) is 5.26 Å². The molecule has 0 aromatic carbocycles. The molecule has 16 heavy (non-hydrogen) atoms. The Morgan fingerprint density at radius 1 is 1.56 bits per heavy atom. The van der Waals surface area contributed by atoms with Gasteiger partial charge in [-0.25, -0.2) is 0 Å². The van der Waals surface area contributed by atoms with Crippen LogP contribution in [0, 0.1) is 11.3 Å². The van der Waals surface area contributed by atoms with Crippen LogP contribution in [0.3, 0.4) is 0 Å². The molecule has 0 aliphatic carbocycles. The maximum atomic E-state index is 11.8. The topological polar surface area (TPSA) is 64.3 Å². The van der Waals surface area contributed by atoms with Gasteiger partial charge in [-0.05, 0) is 26.2 Å². The molecule has 0 radical (unpaired) electrons. The minimum absolute atomic E-state index is 0.0814. The van der Waals surface area contributed by atoms with Crippen molar-refractivity contribution in [2.75, 3.05) is 24.6 Å². The molecule has 1 aliphatic rings. The predicted octanol–water partition coefficient (Wildman–Crippen LogP) is 1.01. The van der Waals surface area contributed by atoms with E-state index in [0.29, 0.717) is 24.5 Å². The molecule has 0 bridgehead atoms. The van der Waals surface area contributed by atoms with Crippen molar-refractivity contribution in [2.24, 2.45) is 0 Å². The van der Waals surface area contributed by atoms with Crippen LogP contribution in [0.15, 0.2) is 0 Å². The van der Waals surface area contributed by atoms with Crippen LogP contribution >= 0.6 is 11.8 Å². The number of likely N-dealkylation sites (tertiary alicyclic amines) is 1. The van der Waals surface area contributed by atoms with Crippen LogP contribution in [0.1, 0.15) is 26.2 Å². The zero-order chi connectivity index (χ0) is 12.0. The highest BCUT2D eigenvalue weighted by Gasteiger charge is 2.26. The number of hydrogen-bond donors (Lipinski definition) is 1. The number of nitriles is 1. The Labute approximate surface area is 101 Å². The lowest BCUT2D eigenvalue weighted by molar-refractivity contribution is -0.128. The Bertz CT molecular complexity index is 286. The number of amides is 1. The fourth-order valence-corrected chi connectivity index (χ4v) is 2.34. The Morgan fingerprint density at radius 2 is 2.31 bits per heavy atom. The van der Waals surface area contributed by atoms with E-state index in [2.05, 4.69) is 0 Å². The Morgan fingerprint density at radius 3 is 3.00 bits per heavy atom. The monoisotopic (exact) mass is 242 g/mol. The quantitative estimate of drug-likeness (QED) is 0.750. The molecule has 0 saturated carbocycles. The second kappa shape index (κ2) is 6.12. The van der Waals surface area contributed by atoms with Gasteiger partial charge >= 0.3 is 0 Å². The summed E-state index contributed by atoms with van der Waals surface area (Å²) in [5.74, 6) is 0.811. The molecule has 0 aromatic heterocycles. The minimum atomic E-state index is -0.630. The summed E-state index contributed by atoms with van der Waals surface area (Å²) in [6, 6.07) is 2.00. The maximum Gasteiger partial charge on any atom is 0.232 e. The lowest BCUT2D eigenvalue weighted by atomic mass is 9.98. The van der Waals surface area contributed by atoms with Gasteiger partial charge in [-0.2, -0.15) is 5.26 Å². The van der Waals surface area contributed by atoms with Crippen molar-refractivity contribution in [3.63, 3.8) is 0 Å². The fraction of sp³-hybridized carbons (Fsp3) is 0.818. The Hall–Kier alpha value is -0.730. The van der Waals surface area contributed by atoms with Gasteiger partial charge in [-0.15, -0.1) is 11.8 Å². The number of nitrogens with zero attached hydrogens (tertiary/aromatic N) is 2. The van der Waals surface area contributed by atoms with E-state index in [9.17, 15) is 9.90 Å². The zero-order valence-electron chi connectivity index (χ0n) is 9.61. The normalized spacial score (nSPS) is 25.9. The highest BCUT2D eigenvalue weighted by atomic mass is 32.2. The van der Waals surface area contributed by atoms with E-state index in [4.69, 9.17) is 5.26 Å². The molecule has 0 spiro atoms. The summed E-state index contributed by atoms with van der Waals surface area (Å²) in [7, 11) is 0. The van der Waals surface area contributed by atoms with Crippen molar-refractivity contribution in [3.05, 3.63) is 0 Å². The molecule has 1 N–H and O–H groups in total. The highest BCUT2D eigenvalue weighted by molar-refractivity contribution is 8.00. The second-order valence-corrected chi connectivity index (χ2v) is 5.37. The third kappa shape index (κ3) is 4.42. The summed E-state index contributed by atoms with van der Waals surface area (Å²) >= 11 is 1.35. The van der Waals surface area contributed by atoms with E-state index in [0.717, 1.165) is 19.4 Å². The molecule has 1 rings (SSSR count). The molecule has 90 valence electrons. The van der Waals surface area contributed by atoms with E-state index in [1.54, 1.807) is 4.90 Å². The molecule has 1 unspecified atom stereocenters. The number of rotatable bonds is 3. The standard InChI is InChI=1S/C11H18N2O2S/c1-11(15)3-2-6-13(7-4-11)10(14)9-16-8-5-12/h15H,2-4,6-9H2,1H3. The number of carbonyl (C=O) groups excluding carboxylic acids is 1. The number of carbonyl (C=O) groups is 1. The van der Waals surface area contributed by atoms with Gasteiger partial charge in [-0.1, -0.05) is 0 Å². The molecule has 0 aromatic rings. The van der Waals surface area contributed by atoms with Crippen LogP contribution < -0.4 is 0 Å². The van der Waals surface area contributed by atoms with Gasteiger partial charge in [0.05, 0.1) is 23.2 Å². The number of thioether (sulfide) groups is 1. The van der Waals surface area contributed by atoms with Crippen molar-refractivity contribution >= 4 is 17.7 Å². The molecule has 1 saturated heterocycles. The summed E-state index contributed by atoms with van der Waals surface area (Å²) in [4.78, 5) is 13.5. The van der Waals surface area contributed by atoms with Gasteiger partial charge in [0, 0.05) is 13.1 Å². The average molecular weight is 242 g/mol. The zero-order valence-corrected chi connectivity index (χ0v) is 10.4. The van der Waals surface area contributed by atoms with Crippen molar-refractivity contribution < 1.29 is 9.90 Å². The third-order valence-electron chi connectivity index (χ3n) is 2.81. The molecule has 1 heterocycles. The van der Waals surface area contributed by atoms with Crippen LogP contribution in [-0.2, 0) is 4.79 Å². The molecule has 1 fully saturated rings. The molecule has 1 atom stereocenters. The minimum Gasteiger partial charge on any atom is -0.390 e. The first-order chi connectivity index (χ1) is 7.55. The lowest BCUT2D eigenvalue weighted by Crippen LogP contribution is -2.34. The summed E-state index contributed by atoms with van der Waals surface area (Å²) in [5.41, 5.74) is -0.630. The van der Waals surface area contributed by atoms with Crippen LogP contribution in [0.5, 0.6) is 0 Å². The number of hydrogen-bond acceptors (Lipinski definition) is 4. The maximum absolute atomic E-state index is 11.8. The highest BCUT2D eigenvalue weighted by Crippen LogP contribution is 2.21. The summed E-state index contributed by atoms with van der Waals surface area (Å²) in [5, 5.41) is 18.3. The SMILES string of the molecule is CC1(O)CCCN(C(=O)CSCC#N)CC1. The lowest BCUT2D eigenvalue weighted by Gasteiger charge is -2.22. The van der Waals surface area contributed by atoms with Gasteiger partial charge < -0.3 is 10.0 Å². The summed E-state index contributed by atoms with van der Waals surface area (Å²) in [6.07, 6.45) is 2.24. The predicted molar refractivity (Wildman–Crippen MR) is 64.0 cm³/mol. The second-order valence-electron chi connectivity index (χ2n) is 4.38. The van der Waals surface area contributed by atoms with Crippen molar-refractivity contribution in [1.82, 2.24) is 4.90 Å². The molecule has 5 heteroatoms. The van der Waals surface area contributed by atoms with Crippen molar-refractivity contribution in [2.45, 2.75) is 31.8 Å². The number of aliphatic hydroxyl groups is 1. The molecule has 1 aliphatic heterocycles. The van der Waals surface area contributed by atoms with Gasteiger partial charge in [-0.3, -0.25) is 4.79 Å². The van der Waals surface area contributed by atoms with Crippen LogP contribution in [-0.4, -0.2) is 46.1 Å². The Kier molecular flexibility index (Phi) is 5.10. The van der Waals surface area contributed by atoms with E-state index in [-0.39, 0.29) is 5.91 Å². The first-order valence-electron chi connectivity index (χ1n) is 5.50. The van der Waals surface area contributed by atoms with Crippen LogP contribution in [0.4, 0.5) is 0 Å². The first-order valence-corrected chi connectivity index (χ1v) is 6.65. The third-order valence-corrected chi connectivity index (χ3v) is 3.59. The molecule has 4 nitrogen and oxygen atoms in total. The van der Waals surface area contributed by atoms with Crippen LogP contribution in [0.2, 0.25) is 0 Å². The van der Waals surface area contributed by atoms with Crippen molar-refractivity contribution in [3.8, 4) is 6.07 Å².